The third kappa shape index (κ3) is 6.97. The summed E-state index contributed by atoms with van der Waals surface area (Å²) < 4.78 is 9.70. The van der Waals surface area contributed by atoms with Gasteiger partial charge in [-0.05, 0) is 67.7 Å². The zero-order chi connectivity index (χ0) is 22.8. The molecule has 3 rings (SSSR count). The molecule has 2 aromatic rings. The molecule has 1 aliphatic rings. The minimum Gasteiger partial charge on any atom is -0.434 e. The molecule has 2 amide bonds. The maximum atomic E-state index is 12.5. The quantitative estimate of drug-likeness (QED) is 0.351. The van der Waals surface area contributed by atoms with Gasteiger partial charge in [0.05, 0.1) is 6.61 Å². The lowest BCUT2D eigenvalue weighted by molar-refractivity contribution is -0.111. The molecule has 0 aliphatic heterocycles. The minimum atomic E-state index is -0.790. The van der Waals surface area contributed by atoms with Gasteiger partial charge in [0.2, 0.25) is 5.91 Å². The van der Waals surface area contributed by atoms with Gasteiger partial charge in [-0.1, -0.05) is 37.1 Å². The Balaban J connectivity index is 1.54. The van der Waals surface area contributed by atoms with E-state index in [0.29, 0.717) is 22.9 Å². The summed E-state index contributed by atoms with van der Waals surface area (Å²) in [5.41, 5.74) is 1.88. The van der Waals surface area contributed by atoms with Gasteiger partial charge in [-0.2, -0.15) is 0 Å². The van der Waals surface area contributed by atoms with Crippen molar-refractivity contribution in [1.82, 2.24) is 5.32 Å². The van der Waals surface area contributed by atoms with E-state index in [2.05, 4.69) is 10.6 Å². The number of anilines is 1. The molecule has 2 N–H and O–H groups in total. The van der Waals surface area contributed by atoms with Gasteiger partial charge in [0, 0.05) is 17.8 Å². The number of para-hydroxylation sites is 1. The van der Waals surface area contributed by atoms with Crippen LogP contribution in [-0.4, -0.2) is 24.6 Å². The van der Waals surface area contributed by atoms with Crippen molar-refractivity contribution in [2.75, 3.05) is 11.9 Å². The van der Waals surface area contributed by atoms with E-state index in [4.69, 9.17) is 9.47 Å². The van der Waals surface area contributed by atoms with E-state index in [9.17, 15) is 14.4 Å². The molecule has 0 saturated heterocycles. The maximum Gasteiger partial charge on any atom is 0.513 e. The third-order valence-corrected chi connectivity index (χ3v) is 5.21. The highest BCUT2D eigenvalue weighted by Gasteiger charge is 2.13. The Kier molecular flexibility index (Phi) is 8.43. The molecule has 7 nitrogen and oxygen atoms in total. The van der Waals surface area contributed by atoms with Gasteiger partial charge in [-0.25, -0.2) is 4.79 Å². The highest BCUT2D eigenvalue weighted by atomic mass is 16.7. The number of nitrogens with one attached hydrogen (secondary N) is 2. The Hall–Kier alpha value is -3.61. The van der Waals surface area contributed by atoms with Crippen LogP contribution in [-0.2, 0) is 16.1 Å². The molecule has 1 fully saturated rings. The molecule has 0 spiro atoms. The number of hydrogen-bond donors (Lipinski definition) is 2. The lowest BCUT2D eigenvalue weighted by atomic mass is 10.1. The van der Waals surface area contributed by atoms with Crippen LogP contribution < -0.4 is 15.4 Å². The first-order chi connectivity index (χ1) is 15.5. The van der Waals surface area contributed by atoms with Crippen molar-refractivity contribution in [2.24, 2.45) is 5.92 Å². The van der Waals surface area contributed by atoms with E-state index in [-0.39, 0.29) is 25.0 Å². The summed E-state index contributed by atoms with van der Waals surface area (Å²) in [5.74, 6) is 0.325. The fourth-order valence-corrected chi connectivity index (χ4v) is 3.54. The Bertz CT molecular complexity index is 963. The van der Waals surface area contributed by atoms with Crippen molar-refractivity contribution in [2.45, 2.75) is 39.2 Å². The Morgan fingerprint density at radius 2 is 1.75 bits per heavy atom. The first-order valence-corrected chi connectivity index (χ1v) is 10.8. The predicted octanol–water partition coefficient (Wildman–Crippen LogP) is 4.84. The largest absolute Gasteiger partial charge is 0.513 e. The summed E-state index contributed by atoms with van der Waals surface area (Å²) in [4.78, 5) is 36.1. The van der Waals surface area contributed by atoms with Crippen LogP contribution >= 0.6 is 0 Å². The highest BCUT2D eigenvalue weighted by Crippen LogP contribution is 2.25. The monoisotopic (exact) mass is 436 g/mol. The fraction of sp³-hybridized carbons (Fsp3) is 0.320. The molecule has 0 radical (unpaired) electrons. The fourth-order valence-electron chi connectivity index (χ4n) is 3.54. The smallest absolute Gasteiger partial charge is 0.434 e. The molecule has 1 aliphatic carbocycles. The molecule has 1 saturated carbocycles. The Morgan fingerprint density at radius 3 is 2.47 bits per heavy atom. The molecular weight excluding hydrogens is 408 g/mol. The summed E-state index contributed by atoms with van der Waals surface area (Å²) in [5, 5.41) is 5.74. The Morgan fingerprint density at radius 1 is 1.03 bits per heavy atom. The van der Waals surface area contributed by atoms with Crippen LogP contribution in [0.1, 0.15) is 48.5 Å². The number of amides is 2. The van der Waals surface area contributed by atoms with Crippen LogP contribution in [0.5, 0.6) is 5.75 Å². The average Bonchev–Trinajstić information content (AvgIpc) is 3.31. The number of carbonyl (C=O) groups excluding carboxylic acids is 3. The van der Waals surface area contributed by atoms with Gasteiger partial charge in [-0.3, -0.25) is 9.59 Å². The molecule has 7 heteroatoms. The van der Waals surface area contributed by atoms with Crippen LogP contribution in [0.25, 0.3) is 0 Å². The maximum absolute atomic E-state index is 12.5. The standard InChI is InChI=1S/C25H28N2O5/c1-2-31-25(30)32-21-14-12-19(13-15-21)24(29)26-17-20-9-5-6-10-22(20)27-23(28)16-11-18-7-3-4-8-18/h5-6,9-16,18H,2-4,7-8,17H2,1H3,(H,26,29)(H,27,28)/b16-11+. The molecule has 168 valence electrons. The van der Waals surface area contributed by atoms with Crippen molar-refractivity contribution < 1.29 is 23.9 Å². The number of benzene rings is 2. The van der Waals surface area contributed by atoms with Crippen LogP contribution in [0.3, 0.4) is 0 Å². The van der Waals surface area contributed by atoms with Crippen LogP contribution in [0.4, 0.5) is 10.5 Å². The summed E-state index contributed by atoms with van der Waals surface area (Å²) in [6.45, 7) is 2.16. The normalized spacial score (nSPS) is 13.7. The highest BCUT2D eigenvalue weighted by molar-refractivity contribution is 6.00. The van der Waals surface area contributed by atoms with Gasteiger partial charge in [-0.15, -0.1) is 0 Å². The van der Waals surface area contributed by atoms with Crippen molar-refractivity contribution in [3.8, 4) is 5.75 Å². The second kappa shape index (κ2) is 11.7. The summed E-state index contributed by atoms with van der Waals surface area (Å²) in [6.07, 6.45) is 7.53. The molecule has 0 atom stereocenters. The molecule has 0 unspecified atom stereocenters. The van der Waals surface area contributed by atoms with Crippen molar-refractivity contribution in [3.63, 3.8) is 0 Å². The lowest BCUT2D eigenvalue weighted by Gasteiger charge is -2.11. The molecule has 0 bridgehead atoms. The minimum absolute atomic E-state index is 0.173. The SMILES string of the molecule is CCOC(=O)Oc1ccc(C(=O)NCc2ccccc2NC(=O)/C=C/C2CCCC2)cc1. The first-order valence-electron chi connectivity index (χ1n) is 10.8. The van der Waals surface area contributed by atoms with E-state index >= 15 is 0 Å². The van der Waals surface area contributed by atoms with E-state index < -0.39 is 6.16 Å². The van der Waals surface area contributed by atoms with Gasteiger partial charge in [0.15, 0.2) is 0 Å². The lowest BCUT2D eigenvalue weighted by Crippen LogP contribution is -2.23. The van der Waals surface area contributed by atoms with Crippen LogP contribution in [0, 0.1) is 5.92 Å². The van der Waals surface area contributed by atoms with E-state index in [0.717, 1.165) is 18.4 Å². The topological polar surface area (TPSA) is 93.7 Å². The second-order valence-corrected chi connectivity index (χ2v) is 7.54. The van der Waals surface area contributed by atoms with Gasteiger partial charge in [0.25, 0.3) is 5.91 Å². The first kappa shape index (κ1) is 23.1. The van der Waals surface area contributed by atoms with Crippen molar-refractivity contribution in [1.29, 1.82) is 0 Å². The van der Waals surface area contributed by atoms with Gasteiger partial charge >= 0.3 is 6.16 Å². The molecule has 2 aromatic carbocycles. The van der Waals surface area contributed by atoms with Crippen LogP contribution in [0.2, 0.25) is 0 Å². The van der Waals surface area contributed by atoms with E-state index in [1.165, 1.54) is 25.0 Å². The zero-order valence-electron chi connectivity index (χ0n) is 18.1. The number of ether oxygens (including phenoxy) is 2. The molecule has 32 heavy (non-hydrogen) atoms. The third-order valence-electron chi connectivity index (χ3n) is 5.21. The summed E-state index contributed by atoms with van der Waals surface area (Å²) >= 11 is 0. The summed E-state index contributed by atoms with van der Waals surface area (Å²) in [7, 11) is 0. The van der Waals surface area contributed by atoms with Gasteiger partial charge in [0.1, 0.15) is 5.75 Å². The van der Waals surface area contributed by atoms with Gasteiger partial charge < -0.3 is 20.1 Å². The molecule has 0 aromatic heterocycles. The number of rotatable bonds is 8. The number of hydrogen-bond acceptors (Lipinski definition) is 5. The molecular formula is C25H28N2O5. The molecule has 0 heterocycles. The number of allylic oxidation sites excluding steroid dienone is 1. The van der Waals surface area contributed by atoms with Crippen molar-refractivity contribution in [3.05, 3.63) is 71.8 Å². The van der Waals surface area contributed by atoms with Crippen molar-refractivity contribution >= 4 is 23.7 Å². The zero-order valence-corrected chi connectivity index (χ0v) is 18.1. The van der Waals surface area contributed by atoms with E-state index in [1.54, 1.807) is 25.1 Å². The second-order valence-electron chi connectivity index (χ2n) is 7.54. The number of carbonyl (C=O) groups is 3. The average molecular weight is 437 g/mol. The van der Waals surface area contributed by atoms with Crippen LogP contribution in [0.15, 0.2) is 60.7 Å². The predicted molar refractivity (Wildman–Crippen MR) is 121 cm³/mol. The van der Waals surface area contributed by atoms with E-state index in [1.807, 2.05) is 30.3 Å². The summed E-state index contributed by atoms with van der Waals surface area (Å²) in [6, 6.07) is 13.5. The Labute approximate surface area is 187 Å².